The van der Waals surface area contributed by atoms with E-state index in [1.807, 2.05) is 13.8 Å². The summed E-state index contributed by atoms with van der Waals surface area (Å²) in [7, 11) is 0. The van der Waals surface area contributed by atoms with Crippen molar-refractivity contribution in [1.82, 2.24) is 16.2 Å². The lowest BCUT2D eigenvalue weighted by atomic mass is 10.2. The van der Waals surface area contributed by atoms with Crippen LogP contribution >= 0.6 is 0 Å². The SMILES string of the molecule is CC(C)Oc1ccc(C(=O)NNC(=O)CNC(=O)c2cccc(OC(F)F)c2)cc1. The number of hydrazine groups is 1. The van der Waals surface area contributed by atoms with E-state index in [2.05, 4.69) is 20.9 Å². The van der Waals surface area contributed by atoms with Crippen molar-refractivity contribution in [3.63, 3.8) is 0 Å². The molecule has 0 radical (unpaired) electrons. The fraction of sp³-hybridized carbons (Fsp3) is 0.250. The van der Waals surface area contributed by atoms with E-state index in [0.29, 0.717) is 11.3 Å². The molecule has 3 N–H and O–H groups in total. The number of benzene rings is 2. The maximum Gasteiger partial charge on any atom is 0.387 e. The monoisotopic (exact) mass is 421 g/mol. The molecule has 160 valence electrons. The molecule has 8 nitrogen and oxygen atoms in total. The van der Waals surface area contributed by atoms with Gasteiger partial charge in [-0.2, -0.15) is 8.78 Å². The fourth-order valence-corrected chi connectivity index (χ4v) is 2.28. The van der Waals surface area contributed by atoms with Gasteiger partial charge in [0.15, 0.2) is 0 Å². The van der Waals surface area contributed by atoms with Gasteiger partial charge in [-0.25, -0.2) is 0 Å². The van der Waals surface area contributed by atoms with Crippen molar-refractivity contribution in [1.29, 1.82) is 0 Å². The standard InChI is InChI=1S/C20H21F2N3O5/c1-12(2)29-15-8-6-13(7-9-15)19(28)25-24-17(26)11-23-18(27)14-4-3-5-16(10-14)30-20(21)22/h3-10,12,20H,11H2,1-2H3,(H,23,27)(H,24,26)(H,25,28). The van der Waals surface area contributed by atoms with Gasteiger partial charge in [-0.1, -0.05) is 6.07 Å². The first kappa shape index (κ1) is 22.6. The van der Waals surface area contributed by atoms with Crippen LogP contribution in [0.15, 0.2) is 48.5 Å². The number of hydrogen-bond donors (Lipinski definition) is 3. The first-order valence-corrected chi connectivity index (χ1v) is 8.93. The molecule has 0 unspecified atom stereocenters. The summed E-state index contributed by atoms with van der Waals surface area (Å²) in [6.07, 6.45) is -0.00141. The van der Waals surface area contributed by atoms with E-state index >= 15 is 0 Å². The van der Waals surface area contributed by atoms with E-state index < -0.39 is 30.9 Å². The Morgan fingerprint density at radius 3 is 2.20 bits per heavy atom. The van der Waals surface area contributed by atoms with Crippen molar-refractivity contribution in [3.05, 3.63) is 59.7 Å². The summed E-state index contributed by atoms with van der Waals surface area (Å²) >= 11 is 0. The zero-order valence-corrected chi connectivity index (χ0v) is 16.3. The van der Waals surface area contributed by atoms with E-state index in [1.54, 1.807) is 12.1 Å². The number of halogens is 2. The Hall–Kier alpha value is -3.69. The predicted octanol–water partition coefficient (Wildman–Crippen LogP) is 2.27. The molecule has 2 aromatic rings. The van der Waals surface area contributed by atoms with Crippen LogP contribution in [0.4, 0.5) is 8.78 Å². The Balaban J connectivity index is 1.79. The molecule has 0 fully saturated rings. The third-order valence-electron chi connectivity index (χ3n) is 3.53. The Kier molecular flexibility index (Phi) is 8.09. The molecule has 0 bridgehead atoms. The summed E-state index contributed by atoms with van der Waals surface area (Å²) in [5.74, 6) is -1.48. The molecular weight excluding hydrogens is 400 g/mol. The lowest BCUT2D eigenvalue weighted by molar-refractivity contribution is -0.120. The lowest BCUT2D eigenvalue weighted by Gasteiger charge is -2.11. The van der Waals surface area contributed by atoms with Crippen LogP contribution in [-0.4, -0.2) is 37.0 Å². The van der Waals surface area contributed by atoms with Gasteiger partial charge in [0.2, 0.25) is 0 Å². The molecule has 10 heteroatoms. The summed E-state index contributed by atoms with van der Waals surface area (Å²) in [6, 6.07) is 11.5. The van der Waals surface area contributed by atoms with E-state index in [1.165, 1.54) is 30.3 Å². The van der Waals surface area contributed by atoms with Crippen LogP contribution in [0.3, 0.4) is 0 Å². The molecular formula is C20H21F2N3O5. The van der Waals surface area contributed by atoms with Crippen LogP contribution < -0.4 is 25.6 Å². The maximum atomic E-state index is 12.2. The molecule has 30 heavy (non-hydrogen) atoms. The molecule has 3 amide bonds. The van der Waals surface area contributed by atoms with Crippen LogP contribution in [-0.2, 0) is 4.79 Å². The number of ether oxygens (including phenoxy) is 2. The highest BCUT2D eigenvalue weighted by molar-refractivity contribution is 5.98. The second-order valence-corrected chi connectivity index (χ2v) is 6.28. The van der Waals surface area contributed by atoms with Gasteiger partial charge in [0, 0.05) is 11.1 Å². The van der Waals surface area contributed by atoms with E-state index in [4.69, 9.17) is 4.74 Å². The lowest BCUT2D eigenvalue weighted by Crippen LogP contribution is -2.46. The molecule has 0 aliphatic carbocycles. The first-order valence-electron chi connectivity index (χ1n) is 8.93. The minimum atomic E-state index is -3.02. The van der Waals surface area contributed by atoms with E-state index in [0.717, 1.165) is 6.07 Å². The molecule has 0 aliphatic heterocycles. The molecule has 2 rings (SSSR count). The van der Waals surface area contributed by atoms with Crippen LogP contribution in [0, 0.1) is 0 Å². The smallest absolute Gasteiger partial charge is 0.387 e. The summed E-state index contributed by atoms with van der Waals surface area (Å²) in [4.78, 5) is 35.9. The van der Waals surface area contributed by atoms with Crippen LogP contribution in [0.5, 0.6) is 11.5 Å². The van der Waals surface area contributed by atoms with Gasteiger partial charge in [-0.15, -0.1) is 0 Å². The van der Waals surface area contributed by atoms with Crippen molar-refractivity contribution in [2.45, 2.75) is 26.6 Å². The fourth-order valence-electron chi connectivity index (χ4n) is 2.28. The van der Waals surface area contributed by atoms with Gasteiger partial charge >= 0.3 is 6.61 Å². The molecule has 0 aliphatic rings. The van der Waals surface area contributed by atoms with Crippen LogP contribution in [0.1, 0.15) is 34.6 Å². The largest absolute Gasteiger partial charge is 0.491 e. The molecule has 2 aromatic carbocycles. The molecule has 0 saturated carbocycles. The summed E-state index contributed by atoms with van der Waals surface area (Å²) in [5, 5.41) is 2.31. The normalized spacial score (nSPS) is 10.5. The Morgan fingerprint density at radius 2 is 1.57 bits per heavy atom. The molecule has 0 atom stereocenters. The highest BCUT2D eigenvalue weighted by atomic mass is 19.3. The van der Waals surface area contributed by atoms with Gasteiger partial charge in [0.25, 0.3) is 17.7 Å². The maximum absolute atomic E-state index is 12.2. The van der Waals surface area contributed by atoms with Gasteiger partial charge < -0.3 is 14.8 Å². The van der Waals surface area contributed by atoms with Crippen LogP contribution in [0.25, 0.3) is 0 Å². The third-order valence-corrected chi connectivity index (χ3v) is 3.53. The first-order chi connectivity index (χ1) is 14.2. The topological polar surface area (TPSA) is 106 Å². The number of amides is 3. The van der Waals surface area contributed by atoms with Gasteiger partial charge in [0.05, 0.1) is 12.6 Å². The molecule has 0 saturated heterocycles. The third kappa shape index (κ3) is 7.38. The van der Waals surface area contributed by atoms with Crippen molar-refractivity contribution < 1.29 is 32.6 Å². The van der Waals surface area contributed by atoms with Crippen LogP contribution in [0.2, 0.25) is 0 Å². The van der Waals surface area contributed by atoms with Crippen molar-refractivity contribution >= 4 is 17.7 Å². The second-order valence-electron chi connectivity index (χ2n) is 6.28. The minimum Gasteiger partial charge on any atom is -0.491 e. The van der Waals surface area contributed by atoms with Crippen molar-refractivity contribution in [3.8, 4) is 11.5 Å². The second kappa shape index (κ2) is 10.7. The quantitative estimate of drug-likeness (QED) is 0.567. The van der Waals surface area contributed by atoms with Gasteiger partial charge in [-0.3, -0.25) is 25.2 Å². The molecule has 0 spiro atoms. The number of carbonyl (C=O) groups excluding carboxylic acids is 3. The van der Waals surface area contributed by atoms with Crippen molar-refractivity contribution in [2.24, 2.45) is 0 Å². The number of carbonyl (C=O) groups is 3. The highest BCUT2D eigenvalue weighted by Crippen LogP contribution is 2.16. The Bertz CT molecular complexity index is 888. The number of alkyl halides is 2. The minimum absolute atomic E-state index is 0.00141. The zero-order chi connectivity index (χ0) is 22.1. The Morgan fingerprint density at radius 1 is 0.867 bits per heavy atom. The highest BCUT2D eigenvalue weighted by Gasteiger charge is 2.12. The number of hydrogen-bond acceptors (Lipinski definition) is 5. The zero-order valence-electron chi connectivity index (χ0n) is 16.3. The average Bonchev–Trinajstić information content (AvgIpc) is 2.70. The van der Waals surface area contributed by atoms with Crippen molar-refractivity contribution in [2.75, 3.05) is 6.54 Å². The Labute approximate surface area is 171 Å². The predicted molar refractivity (Wildman–Crippen MR) is 103 cm³/mol. The summed E-state index contributed by atoms with van der Waals surface area (Å²) in [5.41, 5.74) is 4.72. The average molecular weight is 421 g/mol. The number of nitrogens with one attached hydrogen (secondary N) is 3. The molecule has 0 heterocycles. The van der Waals surface area contributed by atoms with Gasteiger partial charge in [0.1, 0.15) is 11.5 Å². The summed E-state index contributed by atoms with van der Waals surface area (Å²) < 4.78 is 34.2. The van der Waals surface area contributed by atoms with E-state index in [-0.39, 0.29) is 17.4 Å². The molecule has 0 aromatic heterocycles. The van der Waals surface area contributed by atoms with Gasteiger partial charge in [-0.05, 0) is 56.3 Å². The number of rotatable bonds is 8. The summed E-state index contributed by atoms with van der Waals surface area (Å²) in [6.45, 7) is 0.294. The van der Waals surface area contributed by atoms with E-state index in [9.17, 15) is 23.2 Å².